The van der Waals surface area contributed by atoms with Crippen molar-refractivity contribution in [3.8, 4) is 0 Å². The highest BCUT2D eigenvalue weighted by Gasteiger charge is 2.92. The zero-order chi connectivity index (χ0) is 39.3. The number of hydrogen-bond acceptors (Lipinski definition) is 12. The van der Waals surface area contributed by atoms with Crippen molar-refractivity contribution in [3.63, 3.8) is 0 Å². The van der Waals surface area contributed by atoms with Crippen LogP contribution in [0.1, 0.15) is 122 Å². The van der Waals surface area contributed by atoms with E-state index in [-0.39, 0.29) is 42.5 Å². The molecular formula is C45H62N2O10. The lowest BCUT2D eigenvalue weighted by Crippen LogP contribution is -2.79. The Labute approximate surface area is 335 Å². The van der Waals surface area contributed by atoms with Crippen molar-refractivity contribution in [2.45, 2.75) is 158 Å². The molecule has 0 bridgehead atoms. The predicted molar refractivity (Wildman–Crippen MR) is 203 cm³/mol. The van der Waals surface area contributed by atoms with Gasteiger partial charge in [0.05, 0.1) is 36.4 Å². The summed E-state index contributed by atoms with van der Waals surface area (Å²) in [5.74, 6) is 0.246. The summed E-state index contributed by atoms with van der Waals surface area (Å²) in [4.78, 5) is 42.6. The van der Waals surface area contributed by atoms with Crippen LogP contribution >= 0.6 is 0 Å². The number of aliphatic hydroxyl groups excluding tert-OH is 2. The van der Waals surface area contributed by atoms with E-state index in [1.54, 1.807) is 6.26 Å². The monoisotopic (exact) mass is 790 g/mol. The molecule has 16 atom stereocenters. The first-order chi connectivity index (χ1) is 27.4. The van der Waals surface area contributed by atoms with Crippen LogP contribution in [0.5, 0.6) is 0 Å². The molecule has 5 saturated heterocycles. The van der Waals surface area contributed by atoms with Gasteiger partial charge in [0.25, 0.3) is 0 Å². The Morgan fingerprint density at radius 3 is 2.51 bits per heavy atom. The van der Waals surface area contributed by atoms with Crippen molar-refractivity contribution in [1.29, 1.82) is 0 Å². The molecule has 0 amide bonds. The van der Waals surface area contributed by atoms with Crippen molar-refractivity contribution in [2.24, 2.45) is 57.7 Å². The van der Waals surface area contributed by atoms with Crippen LogP contribution in [0.3, 0.4) is 0 Å². The second kappa shape index (κ2) is 12.8. The van der Waals surface area contributed by atoms with Gasteiger partial charge in [-0.25, -0.2) is 4.79 Å². The lowest BCUT2D eigenvalue weighted by molar-refractivity contribution is -0.275. The summed E-state index contributed by atoms with van der Waals surface area (Å²) < 4.78 is 32.6. The topological polar surface area (TPSA) is 169 Å². The normalized spacial score (nSPS) is 51.4. The van der Waals surface area contributed by atoms with E-state index in [0.29, 0.717) is 43.1 Å². The minimum atomic E-state index is -1.39. The minimum Gasteiger partial charge on any atom is -0.469 e. The number of carbonyl (C=O) groups is 3. The molecule has 12 nitrogen and oxygen atoms in total. The van der Waals surface area contributed by atoms with E-state index in [2.05, 4.69) is 17.6 Å². The number of cyclic esters (lactones) is 2. The third-order valence-corrected chi connectivity index (χ3v) is 18.6. The largest absolute Gasteiger partial charge is 0.469 e. The number of Topliss-reactive ketones (excluding diaryl/α,β-unsaturated/α-hetero) is 1. The summed E-state index contributed by atoms with van der Waals surface area (Å²) in [7, 11) is 0. The van der Waals surface area contributed by atoms with E-state index < -0.39 is 69.9 Å². The molecule has 16 unspecified atom stereocenters. The second-order valence-corrected chi connectivity index (χ2v) is 21.0. The maximum absolute atomic E-state index is 15.2. The van der Waals surface area contributed by atoms with E-state index in [1.807, 2.05) is 19.9 Å². The van der Waals surface area contributed by atoms with Crippen LogP contribution in [0.4, 0.5) is 0 Å². The van der Waals surface area contributed by atoms with Gasteiger partial charge in [-0.1, -0.05) is 26.2 Å². The number of rotatable bonds is 5. The summed E-state index contributed by atoms with van der Waals surface area (Å²) in [6.45, 7) is 7.94. The Kier molecular flexibility index (Phi) is 8.47. The number of hydrogen-bond donors (Lipinski definition) is 4. The second-order valence-electron chi connectivity index (χ2n) is 21.0. The number of nitrogens with one attached hydrogen (secondary N) is 2. The summed E-state index contributed by atoms with van der Waals surface area (Å²) in [6.07, 6.45) is 9.40. The molecule has 0 aromatic carbocycles. The van der Waals surface area contributed by atoms with Crippen LogP contribution in [-0.2, 0) is 39.8 Å². The molecular weight excluding hydrogens is 728 g/mol. The molecule has 4 N–H and O–H groups in total. The van der Waals surface area contributed by atoms with E-state index in [4.69, 9.17) is 23.4 Å². The van der Waals surface area contributed by atoms with Gasteiger partial charge in [-0.2, -0.15) is 0 Å². The highest BCUT2D eigenvalue weighted by atomic mass is 16.7. The van der Waals surface area contributed by atoms with Gasteiger partial charge < -0.3 is 44.2 Å². The Hall–Kier alpha value is -2.35. The van der Waals surface area contributed by atoms with E-state index in [1.165, 1.54) is 6.42 Å². The van der Waals surface area contributed by atoms with Gasteiger partial charge in [0, 0.05) is 47.5 Å². The summed E-state index contributed by atoms with van der Waals surface area (Å²) >= 11 is 0. The lowest BCUT2D eigenvalue weighted by atomic mass is 9.33. The number of epoxide rings is 1. The smallest absolute Gasteiger partial charge is 0.339 e. The first kappa shape index (κ1) is 37.6. The zero-order valence-electron chi connectivity index (χ0n) is 33.8. The van der Waals surface area contributed by atoms with Crippen LogP contribution in [0, 0.1) is 57.7 Å². The van der Waals surface area contributed by atoms with Crippen molar-refractivity contribution >= 4 is 17.7 Å². The fourth-order valence-corrected chi connectivity index (χ4v) is 16.6. The van der Waals surface area contributed by atoms with Crippen LogP contribution in [0.15, 0.2) is 16.7 Å². The van der Waals surface area contributed by atoms with Gasteiger partial charge in [0.15, 0.2) is 11.9 Å². The first-order valence-electron chi connectivity index (χ1n) is 22.5. The van der Waals surface area contributed by atoms with Crippen molar-refractivity contribution in [3.05, 3.63) is 23.7 Å². The molecule has 0 radical (unpaired) electrons. The summed E-state index contributed by atoms with van der Waals surface area (Å²) in [6, 6.07) is 2.45. The van der Waals surface area contributed by atoms with Crippen LogP contribution in [-0.4, -0.2) is 89.4 Å². The molecule has 1 aromatic heterocycles. The number of carbonyl (C=O) groups excluding carboxylic acids is 3. The van der Waals surface area contributed by atoms with Gasteiger partial charge in [0.2, 0.25) is 0 Å². The fraction of sp³-hybridized carbons (Fsp3) is 0.844. The van der Waals surface area contributed by atoms with Gasteiger partial charge in [0.1, 0.15) is 30.2 Å². The maximum Gasteiger partial charge on any atom is 0.339 e. The Morgan fingerprint density at radius 2 is 1.72 bits per heavy atom. The van der Waals surface area contributed by atoms with E-state index >= 15 is 4.79 Å². The minimum absolute atomic E-state index is 0.0325. The zero-order valence-corrected chi connectivity index (χ0v) is 33.8. The molecule has 10 aliphatic rings. The third kappa shape index (κ3) is 4.80. The molecule has 57 heavy (non-hydrogen) atoms. The molecule has 5 aliphatic heterocycles. The van der Waals surface area contributed by atoms with Gasteiger partial charge in [-0.15, -0.1) is 0 Å². The number of aliphatic hydroxyl groups is 2. The van der Waals surface area contributed by atoms with E-state index in [0.717, 1.165) is 82.3 Å². The highest BCUT2D eigenvalue weighted by Crippen LogP contribution is 2.82. The quantitative estimate of drug-likeness (QED) is 0.243. The number of furan rings is 1. The number of ether oxygens (including phenoxy) is 4. The van der Waals surface area contributed by atoms with Gasteiger partial charge in [-0.05, 0) is 113 Å². The molecule has 5 saturated carbocycles. The van der Waals surface area contributed by atoms with E-state index in [9.17, 15) is 19.8 Å². The maximum atomic E-state index is 15.2. The van der Waals surface area contributed by atoms with Crippen molar-refractivity contribution in [2.75, 3.05) is 19.8 Å². The molecule has 2 spiro atoms. The molecule has 1 aromatic rings. The van der Waals surface area contributed by atoms with Crippen LogP contribution in [0.2, 0.25) is 0 Å². The first-order valence-corrected chi connectivity index (χ1v) is 22.5. The SMILES string of the molecule is CC1(C)OC2CC(=O)OCC23C1C(=O)C(O)C1(C2CCCCC2)C3CCC2(C)C(c3ccoc3CC3C(O)CCC4CC(C5CNCN5)CCC43)OC(=O)C3OC321. The molecule has 11 rings (SSSR count). The number of esters is 2. The predicted octanol–water partition coefficient (Wildman–Crippen LogP) is 4.53. The lowest BCUT2D eigenvalue weighted by Gasteiger charge is -2.70. The van der Waals surface area contributed by atoms with Gasteiger partial charge in [-0.3, -0.25) is 9.59 Å². The molecule has 5 aliphatic carbocycles. The molecule has 10 fully saturated rings. The number of ketones is 1. The average molecular weight is 791 g/mol. The summed E-state index contributed by atoms with van der Waals surface area (Å²) in [5, 5.41) is 31.8. The van der Waals surface area contributed by atoms with Crippen molar-refractivity contribution in [1.82, 2.24) is 10.6 Å². The standard InChI is InChI=1S/C45H62N2O10/c1-41(2)36-35(50)37(51)44(25-7-5-4-6-8-25)32(43(36)21-54-34(49)19-33(43)56-41)13-15-42(3)38(55-40(52)39-45(42,44)57-39)27-14-16-53-31(27)18-28-26-11-9-24(29-20-46-22-47-29)17-23(26)10-12-30(28)48/h14,16,23-26,28-30,32-33,36-39,46-48,51H,4-13,15,17-22H2,1-3H3. The highest BCUT2D eigenvalue weighted by molar-refractivity contribution is 5.92. The Balaban J connectivity index is 0.984. The fourth-order valence-electron chi connectivity index (χ4n) is 16.6. The Bertz CT molecular complexity index is 1820. The van der Waals surface area contributed by atoms with Crippen molar-refractivity contribution < 1.29 is 48.0 Å². The van der Waals surface area contributed by atoms with Crippen LogP contribution < -0.4 is 10.6 Å². The molecule has 312 valence electrons. The molecule has 12 heteroatoms. The number of fused-ring (bicyclic) bond motifs is 2. The molecule has 6 heterocycles. The van der Waals surface area contributed by atoms with Gasteiger partial charge >= 0.3 is 11.9 Å². The summed E-state index contributed by atoms with van der Waals surface area (Å²) in [5.41, 5.74) is -4.09. The third-order valence-electron chi connectivity index (χ3n) is 18.6. The average Bonchev–Trinajstić information content (AvgIpc) is 3.46. The Morgan fingerprint density at radius 1 is 0.912 bits per heavy atom. The van der Waals surface area contributed by atoms with Crippen LogP contribution in [0.25, 0.3) is 0 Å².